The van der Waals surface area contributed by atoms with Gasteiger partial charge in [0.05, 0.1) is 0 Å². The van der Waals surface area contributed by atoms with E-state index in [-0.39, 0.29) is 6.03 Å². The topological polar surface area (TPSA) is 78.9 Å². The molecule has 0 aliphatic carbocycles. The van der Waals surface area contributed by atoms with Crippen molar-refractivity contribution in [3.8, 4) is 0 Å². The van der Waals surface area contributed by atoms with Crippen molar-refractivity contribution in [2.45, 2.75) is 0 Å². The first-order valence-electron chi connectivity index (χ1n) is 6.09. The van der Waals surface area contributed by atoms with Gasteiger partial charge in [-0.1, -0.05) is 24.3 Å². The van der Waals surface area contributed by atoms with Gasteiger partial charge < -0.3 is 10.6 Å². The number of urea groups is 1. The van der Waals surface area contributed by atoms with Crippen molar-refractivity contribution in [1.82, 2.24) is 10.2 Å². The molecule has 0 spiro atoms. The zero-order chi connectivity index (χ0) is 14.2. The van der Waals surface area contributed by atoms with Crippen molar-refractivity contribution < 1.29 is 4.79 Å². The van der Waals surface area contributed by atoms with Gasteiger partial charge in [0, 0.05) is 12.2 Å². The molecule has 0 radical (unpaired) electrons. The number of nitrogens with one attached hydrogen (secondary N) is 3. The molecule has 6 nitrogen and oxygen atoms in total. The summed E-state index contributed by atoms with van der Waals surface area (Å²) in [6, 6.07) is 12.2. The molecule has 0 saturated carbocycles. The lowest BCUT2D eigenvalue weighted by Crippen LogP contribution is -2.20. The molecular weight excluding hydrogens is 254 g/mol. The highest BCUT2D eigenvalue weighted by molar-refractivity contribution is 5.99. The molecule has 2 aromatic rings. The Labute approximate surface area is 116 Å². The third-order valence-corrected chi connectivity index (χ3v) is 2.37. The molecule has 1 aromatic carbocycles. The van der Waals surface area contributed by atoms with Crippen LogP contribution in [0.5, 0.6) is 0 Å². The van der Waals surface area contributed by atoms with Crippen LogP contribution in [0.4, 0.5) is 22.1 Å². The van der Waals surface area contributed by atoms with Crippen LogP contribution >= 0.6 is 0 Å². The fourth-order valence-corrected chi connectivity index (χ4v) is 1.47. The molecule has 3 N–H and O–H groups in total. The van der Waals surface area contributed by atoms with E-state index in [9.17, 15) is 4.79 Å². The van der Waals surface area contributed by atoms with Crippen LogP contribution < -0.4 is 16.0 Å². The van der Waals surface area contributed by atoms with Crippen LogP contribution in [-0.4, -0.2) is 22.8 Å². The van der Waals surface area contributed by atoms with Gasteiger partial charge in [0.1, 0.15) is 5.82 Å². The van der Waals surface area contributed by atoms with Crippen LogP contribution in [-0.2, 0) is 0 Å². The summed E-state index contributed by atoms with van der Waals surface area (Å²) in [5.74, 6) is 1.00. The standard InChI is InChI=1S/C14H15N5O/c1-2-10-15-12-8-9-13(19-18-12)17-14(20)16-11-6-4-3-5-7-11/h2-9H,1,10H2,(H,15,18)(H2,16,17,19,20). The zero-order valence-corrected chi connectivity index (χ0v) is 10.8. The molecule has 0 unspecified atom stereocenters. The number of para-hydroxylation sites is 1. The summed E-state index contributed by atoms with van der Waals surface area (Å²) in [6.07, 6.45) is 1.72. The van der Waals surface area contributed by atoms with E-state index in [1.54, 1.807) is 30.3 Å². The van der Waals surface area contributed by atoms with Gasteiger partial charge in [-0.2, -0.15) is 0 Å². The number of hydrogen-bond acceptors (Lipinski definition) is 4. The molecular formula is C14H15N5O. The van der Waals surface area contributed by atoms with Crippen molar-refractivity contribution in [1.29, 1.82) is 0 Å². The van der Waals surface area contributed by atoms with Gasteiger partial charge in [0.25, 0.3) is 0 Å². The lowest BCUT2D eigenvalue weighted by Gasteiger charge is -2.07. The maximum absolute atomic E-state index is 11.7. The monoisotopic (exact) mass is 269 g/mol. The number of anilines is 3. The quantitative estimate of drug-likeness (QED) is 0.729. The minimum atomic E-state index is -0.364. The highest BCUT2D eigenvalue weighted by atomic mass is 16.2. The lowest BCUT2D eigenvalue weighted by atomic mass is 10.3. The molecule has 1 aromatic heterocycles. The highest BCUT2D eigenvalue weighted by Crippen LogP contribution is 2.08. The van der Waals surface area contributed by atoms with E-state index >= 15 is 0 Å². The Hall–Kier alpha value is -2.89. The minimum Gasteiger partial charge on any atom is -0.365 e. The van der Waals surface area contributed by atoms with E-state index in [0.29, 0.717) is 23.9 Å². The van der Waals surface area contributed by atoms with Crippen LogP contribution in [0.2, 0.25) is 0 Å². The summed E-state index contributed by atoms with van der Waals surface area (Å²) in [6.45, 7) is 4.20. The molecule has 102 valence electrons. The van der Waals surface area contributed by atoms with Crippen molar-refractivity contribution in [3.05, 3.63) is 55.1 Å². The van der Waals surface area contributed by atoms with Gasteiger partial charge in [0.15, 0.2) is 5.82 Å². The number of benzene rings is 1. The first kappa shape index (κ1) is 13.5. The molecule has 1 heterocycles. The van der Waals surface area contributed by atoms with Crippen molar-refractivity contribution in [2.24, 2.45) is 0 Å². The number of amides is 2. The highest BCUT2D eigenvalue weighted by Gasteiger charge is 2.03. The van der Waals surface area contributed by atoms with Crippen molar-refractivity contribution in [3.63, 3.8) is 0 Å². The van der Waals surface area contributed by atoms with Crippen LogP contribution in [0.3, 0.4) is 0 Å². The van der Waals surface area contributed by atoms with Crippen LogP contribution in [0, 0.1) is 0 Å². The number of aromatic nitrogens is 2. The summed E-state index contributed by atoms with van der Waals surface area (Å²) < 4.78 is 0. The number of hydrogen-bond donors (Lipinski definition) is 3. The summed E-state index contributed by atoms with van der Waals surface area (Å²) in [4.78, 5) is 11.7. The Kier molecular flexibility index (Phi) is 4.66. The van der Waals surface area contributed by atoms with Gasteiger partial charge in [-0.05, 0) is 24.3 Å². The van der Waals surface area contributed by atoms with E-state index in [1.807, 2.05) is 18.2 Å². The third-order valence-electron chi connectivity index (χ3n) is 2.37. The number of nitrogens with zero attached hydrogens (tertiary/aromatic N) is 2. The number of carbonyl (C=O) groups is 1. The van der Waals surface area contributed by atoms with E-state index < -0.39 is 0 Å². The average molecular weight is 269 g/mol. The van der Waals surface area contributed by atoms with Gasteiger partial charge in [0.2, 0.25) is 0 Å². The molecule has 20 heavy (non-hydrogen) atoms. The van der Waals surface area contributed by atoms with Gasteiger partial charge >= 0.3 is 6.03 Å². The summed E-state index contributed by atoms with van der Waals surface area (Å²) in [5, 5.41) is 16.1. The van der Waals surface area contributed by atoms with E-state index in [4.69, 9.17) is 0 Å². The van der Waals surface area contributed by atoms with Crippen LogP contribution in [0.15, 0.2) is 55.1 Å². The third kappa shape index (κ3) is 4.09. The van der Waals surface area contributed by atoms with Gasteiger partial charge in [-0.25, -0.2) is 4.79 Å². The molecule has 0 atom stereocenters. The minimum absolute atomic E-state index is 0.364. The predicted octanol–water partition coefficient (Wildman–Crippen LogP) is 2.72. The fraction of sp³-hybridized carbons (Fsp3) is 0.0714. The normalized spacial score (nSPS) is 9.60. The summed E-state index contributed by atoms with van der Waals surface area (Å²) >= 11 is 0. The zero-order valence-electron chi connectivity index (χ0n) is 10.8. The Bertz CT molecular complexity index is 568. The van der Waals surface area contributed by atoms with Crippen molar-refractivity contribution >= 4 is 23.4 Å². The molecule has 0 fully saturated rings. The van der Waals surface area contributed by atoms with Crippen LogP contribution in [0.25, 0.3) is 0 Å². The fourth-order valence-electron chi connectivity index (χ4n) is 1.47. The Morgan fingerprint density at radius 1 is 1.05 bits per heavy atom. The first-order chi connectivity index (χ1) is 9.78. The van der Waals surface area contributed by atoms with Crippen molar-refractivity contribution in [2.75, 3.05) is 22.5 Å². The molecule has 2 rings (SSSR count). The Balaban J connectivity index is 1.89. The average Bonchev–Trinajstić information content (AvgIpc) is 2.47. The van der Waals surface area contributed by atoms with Gasteiger partial charge in [-0.15, -0.1) is 16.8 Å². The maximum Gasteiger partial charge on any atom is 0.324 e. The van der Waals surface area contributed by atoms with E-state index in [2.05, 4.69) is 32.7 Å². The molecule has 0 bridgehead atoms. The molecule has 0 saturated heterocycles. The largest absolute Gasteiger partial charge is 0.365 e. The second kappa shape index (κ2) is 6.89. The second-order valence-electron chi connectivity index (χ2n) is 3.92. The summed E-state index contributed by atoms with van der Waals surface area (Å²) in [5.41, 5.74) is 0.710. The number of carbonyl (C=O) groups excluding carboxylic acids is 1. The lowest BCUT2D eigenvalue weighted by molar-refractivity contribution is 0.262. The Morgan fingerprint density at radius 3 is 2.40 bits per heavy atom. The smallest absolute Gasteiger partial charge is 0.324 e. The molecule has 0 aliphatic heterocycles. The predicted molar refractivity (Wildman–Crippen MR) is 79.8 cm³/mol. The van der Waals surface area contributed by atoms with Gasteiger partial charge in [-0.3, -0.25) is 5.32 Å². The molecule has 6 heteroatoms. The SMILES string of the molecule is C=CCNc1ccc(NC(=O)Nc2ccccc2)nn1. The Morgan fingerprint density at radius 2 is 1.75 bits per heavy atom. The first-order valence-corrected chi connectivity index (χ1v) is 6.09. The molecule has 0 aliphatic rings. The van der Waals surface area contributed by atoms with Crippen LogP contribution in [0.1, 0.15) is 0 Å². The second-order valence-corrected chi connectivity index (χ2v) is 3.92. The van der Waals surface area contributed by atoms with E-state index in [1.165, 1.54) is 0 Å². The maximum atomic E-state index is 11.7. The van der Waals surface area contributed by atoms with E-state index in [0.717, 1.165) is 0 Å². The number of rotatable bonds is 5. The summed E-state index contributed by atoms with van der Waals surface area (Å²) in [7, 11) is 0. The molecule has 2 amide bonds.